The Morgan fingerprint density at radius 2 is 1.90 bits per heavy atom. The predicted octanol–water partition coefficient (Wildman–Crippen LogP) is 2.05. The average Bonchev–Trinajstić information content (AvgIpc) is 2.46. The maximum absolute atomic E-state index is 11.8. The van der Waals surface area contributed by atoms with Crippen LogP contribution in [0.25, 0.3) is 0 Å². The van der Waals surface area contributed by atoms with Gasteiger partial charge in [0.05, 0.1) is 12.5 Å². The van der Waals surface area contributed by atoms with E-state index in [4.69, 9.17) is 14.2 Å². The predicted molar refractivity (Wildman–Crippen MR) is 77.5 cm³/mol. The number of rotatable bonds is 9. The highest BCUT2D eigenvalue weighted by Crippen LogP contribution is 2.18. The van der Waals surface area contributed by atoms with Crippen LogP contribution in [0.15, 0.2) is 0 Å². The van der Waals surface area contributed by atoms with Crippen molar-refractivity contribution in [2.45, 2.75) is 46.3 Å². The van der Waals surface area contributed by atoms with Crippen molar-refractivity contribution in [2.75, 3.05) is 39.5 Å². The Morgan fingerprint density at radius 3 is 2.50 bits per heavy atom. The van der Waals surface area contributed by atoms with Gasteiger partial charge in [-0.2, -0.15) is 0 Å². The van der Waals surface area contributed by atoms with E-state index in [0.29, 0.717) is 19.8 Å². The Labute approximate surface area is 122 Å². The molecule has 0 aromatic rings. The van der Waals surface area contributed by atoms with Gasteiger partial charge in [0.2, 0.25) is 0 Å². The molecule has 5 nitrogen and oxygen atoms in total. The van der Waals surface area contributed by atoms with E-state index in [1.807, 2.05) is 20.8 Å². The number of hydrogen-bond acceptors (Lipinski definition) is 5. The van der Waals surface area contributed by atoms with Gasteiger partial charge in [-0.1, -0.05) is 0 Å². The van der Waals surface area contributed by atoms with Gasteiger partial charge in [0.1, 0.15) is 0 Å². The second-order valence-corrected chi connectivity index (χ2v) is 5.02. The molecular formula is C15H29NO4. The van der Waals surface area contributed by atoms with Gasteiger partial charge in [-0.15, -0.1) is 0 Å². The molecule has 0 saturated carbocycles. The molecule has 0 spiro atoms. The number of ether oxygens (including phenoxy) is 3. The van der Waals surface area contributed by atoms with E-state index < -0.39 is 0 Å². The molecule has 1 aliphatic rings. The zero-order chi connectivity index (χ0) is 14.8. The second-order valence-electron chi connectivity index (χ2n) is 5.02. The number of likely N-dealkylation sites (tertiary alicyclic amines) is 1. The molecule has 0 N–H and O–H groups in total. The summed E-state index contributed by atoms with van der Waals surface area (Å²) < 4.78 is 16.2. The third-order valence-electron chi connectivity index (χ3n) is 3.51. The summed E-state index contributed by atoms with van der Waals surface area (Å²) in [5, 5.41) is 0. The molecule has 0 aromatic heterocycles. The fourth-order valence-corrected chi connectivity index (χ4v) is 2.59. The molecule has 0 radical (unpaired) electrons. The number of hydrogen-bond donors (Lipinski definition) is 0. The van der Waals surface area contributed by atoms with Gasteiger partial charge >= 0.3 is 5.97 Å². The summed E-state index contributed by atoms with van der Waals surface area (Å²) in [6.07, 6.45) is 2.71. The topological polar surface area (TPSA) is 48.0 Å². The third kappa shape index (κ3) is 6.20. The van der Waals surface area contributed by atoms with Crippen LogP contribution in [0.2, 0.25) is 0 Å². The molecule has 0 aromatic carbocycles. The lowest BCUT2D eigenvalue weighted by molar-refractivity contribution is -0.151. The molecular weight excluding hydrogens is 258 g/mol. The van der Waals surface area contributed by atoms with Crippen LogP contribution >= 0.6 is 0 Å². The molecule has 20 heavy (non-hydrogen) atoms. The highest BCUT2D eigenvalue weighted by atomic mass is 16.7. The second kappa shape index (κ2) is 10.1. The van der Waals surface area contributed by atoms with Crippen LogP contribution in [0.5, 0.6) is 0 Å². The molecule has 1 rings (SSSR count). The lowest BCUT2D eigenvalue weighted by atomic mass is 9.98. The molecule has 0 amide bonds. The summed E-state index contributed by atoms with van der Waals surface area (Å²) >= 11 is 0. The molecule has 0 bridgehead atoms. The standard InChI is InChI=1S/C15H29NO4/c1-4-18-14(19-5-2)9-11-16-10-7-8-13(12-16)15(17)20-6-3/h13-14H,4-12H2,1-3H3/t13-/m0/s1. The lowest BCUT2D eigenvalue weighted by Crippen LogP contribution is -2.41. The maximum atomic E-state index is 11.8. The van der Waals surface area contributed by atoms with Gasteiger partial charge in [0.25, 0.3) is 0 Å². The van der Waals surface area contributed by atoms with Gasteiger partial charge in [0.15, 0.2) is 6.29 Å². The van der Waals surface area contributed by atoms with E-state index in [1.54, 1.807) is 0 Å². The molecule has 1 saturated heterocycles. The fraction of sp³-hybridized carbons (Fsp3) is 0.933. The summed E-state index contributed by atoms with van der Waals surface area (Å²) in [4.78, 5) is 14.1. The summed E-state index contributed by atoms with van der Waals surface area (Å²) in [6, 6.07) is 0. The van der Waals surface area contributed by atoms with E-state index in [1.165, 1.54) is 0 Å². The van der Waals surface area contributed by atoms with E-state index in [-0.39, 0.29) is 18.2 Å². The van der Waals surface area contributed by atoms with Crippen LogP contribution < -0.4 is 0 Å². The number of piperidine rings is 1. The van der Waals surface area contributed by atoms with E-state index in [9.17, 15) is 4.79 Å². The Morgan fingerprint density at radius 1 is 1.20 bits per heavy atom. The Hall–Kier alpha value is -0.650. The van der Waals surface area contributed by atoms with Crippen molar-refractivity contribution >= 4 is 5.97 Å². The van der Waals surface area contributed by atoms with Gasteiger partial charge < -0.3 is 19.1 Å². The van der Waals surface area contributed by atoms with Gasteiger partial charge in [-0.25, -0.2) is 0 Å². The number of esters is 1. The molecule has 5 heteroatoms. The fourth-order valence-electron chi connectivity index (χ4n) is 2.59. The Kier molecular flexibility index (Phi) is 8.82. The Balaban J connectivity index is 2.33. The molecule has 1 aliphatic heterocycles. The van der Waals surface area contributed by atoms with Crippen LogP contribution in [0.3, 0.4) is 0 Å². The molecule has 1 atom stereocenters. The van der Waals surface area contributed by atoms with Crippen LogP contribution in [0, 0.1) is 5.92 Å². The summed E-state index contributed by atoms with van der Waals surface area (Å²) in [5.41, 5.74) is 0. The Bertz CT molecular complexity index is 267. The highest BCUT2D eigenvalue weighted by molar-refractivity contribution is 5.72. The first-order chi connectivity index (χ1) is 9.71. The minimum Gasteiger partial charge on any atom is -0.466 e. The minimum absolute atomic E-state index is 0.0290. The van der Waals surface area contributed by atoms with Crippen LogP contribution in [-0.2, 0) is 19.0 Å². The van der Waals surface area contributed by atoms with Gasteiger partial charge in [-0.05, 0) is 40.2 Å². The summed E-state index contributed by atoms with van der Waals surface area (Å²) in [5.74, 6) is -0.0234. The van der Waals surface area contributed by atoms with Crippen molar-refractivity contribution in [1.82, 2.24) is 4.90 Å². The first kappa shape index (κ1) is 17.4. The smallest absolute Gasteiger partial charge is 0.310 e. The van der Waals surface area contributed by atoms with Crippen LogP contribution in [0.1, 0.15) is 40.0 Å². The quantitative estimate of drug-likeness (QED) is 0.480. The number of nitrogens with zero attached hydrogens (tertiary/aromatic N) is 1. The van der Waals surface area contributed by atoms with E-state index in [0.717, 1.165) is 38.9 Å². The van der Waals surface area contributed by atoms with Gasteiger partial charge in [-0.3, -0.25) is 4.79 Å². The molecule has 1 heterocycles. The van der Waals surface area contributed by atoms with Gasteiger partial charge in [0, 0.05) is 32.7 Å². The minimum atomic E-state index is -0.132. The van der Waals surface area contributed by atoms with Crippen LogP contribution in [-0.4, -0.2) is 56.6 Å². The summed E-state index contributed by atoms with van der Waals surface area (Å²) in [6.45, 7) is 10.3. The normalized spacial score (nSPS) is 20.3. The first-order valence-electron chi connectivity index (χ1n) is 7.83. The van der Waals surface area contributed by atoms with Crippen molar-refractivity contribution in [3.05, 3.63) is 0 Å². The number of carbonyl (C=O) groups excluding carboxylic acids is 1. The van der Waals surface area contributed by atoms with Crippen molar-refractivity contribution in [3.8, 4) is 0 Å². The SMILES string of the molecule is CCOC(=O)[C@H]1CCCN(CCC(OCC)OCC)C1. The van der Waals surface area contributed by atoms with E-state index >= 15 is 0 Å². The molecule has 0 aliphatic carbocycles. The molecule has 0 unspecified atom stereocenters. The third-order valence-corrected chi connectivity index (χ3v) is 3.51. The number of carbonyl (C=O) groups is 1. The zero-order valence-corrected chi connectivity index (χ0v) is 13.1. The van der Waals surface area contributed by atoms with Crippen molar-refractivity contribution in [1.29, 1.82) is 0 Å². The van der Waals surface area contributed by atoms with Crippen molar-refractivity contribution in [2.24, 2.45) is 5.92 Å². The zero-order valence-electron chi connectivity index (χ0n) is 13.1. The molecule has 1 fully saturated rings. The lowest BCUT2D eigenvalue weighted by Gasteiger charge is -2.32. The van der Waals surface area contributed by atoms with Crippen LogP contribution in [0.4, 0.5) is 0 Å². The maximum Gasteiger partial charge on any atom is 0.310 e. The van der Waals surface area contributed by atoms with Crippen molar-refractivity contribution in [3.63, 3.8) is 0 Å². The molecule has 118 valence electrons. The highest BCUT2D eigenvalue weighted by Gasteiger charge is 2.27. The largest absolute Gasteiger partial charge is 0.466 e. The van der Waals surface area contributed by atoms with Crippen molar-refractivity contribution < 1.29 is 19.0 Å². The first-order valence-corrected chi connectivity index (χ1v) is 7.83. The monoisotopic (exact) mass is 287 g/mol. The average molecular weight is 287 g/mol. The van der Waals surface area contributed by atoms with E-state index in [2.05, 4.69) is 4.90 Å². The summed E-state index contributed by atoms with van der Waals surface area (Å²) in [7, 11) is 0.